The lowest BCUT2D eigenvalue weighted by Crippen LogP contribution is -2.10. The fourth-order valence-corrected chi connectivity index (χ4v) is 1.67. The second-order valence-electron chi connectivity index (χ2n) is 3.56. The summed E-state index contributed by atoms with van der Waals surface area (Å²) in [5.41, 5.74) is -2.05. The smallest absolute Gasteiger partial charge is 0.304 e. The van der Waals surface area contributed by atoms with Crippen LogP contribution in [0.2, 0.25) is 5.15 Å². The summed E-state index contributed by atoms with van der Waals surface area (Å²) in [4.78, 5) is 13.2. The molecule has 0 bridgehead atoms. The highest BCUT2D eigenvalue weighted by atomic mass is 35.5. The minimum Gasteiger partial charge on any atom is -0.304 e. The molecule has 0 atom stereocenters. The molecule has 0 aliphatic rings. The number of non-ortho nitro benzene ring substituents is 1. The maximum Gasteiger partial charge on any atom is 0.418 e. The Hall–Kier alpha value is -2.09. The molecule has 19 heavy (non-hydrogen) atoms. The van der Waals surface area contributed by atoms with E-state index < -0.39 is 22.4 Å². The van der Waals surface area contributed by atoms with Crippen LogP contribution in [0.4, 0.5) is 18.9 Å². The van der Waals surface area contributed by atoms with Crippen molar-refractivity contribution in [3.05, 3.63) is 51.6 Å². The van der Waals surface area contributed by atoms with Crippen LogP contribution in [-0.2, 0) is 6.18 Å². The molecule has 2 rings (SSSR count). The highest BCUT2D eigenvalue weighted by molar-refractivity contribution is 6.29. The van der Waals surface area contributed by atoms with Gasteiger partial charge in [0.25, 0.3) is 5.69 Å². The molecule has 0 saturated heterocycles. The number of rotatable bonds is 2. The molecule has 1 aromatic heterocycles. The summed E-state index contributed by atoms with van der Waals surface area (Å²) in [6, 6.07) is 2.46. The van der Waals surface area contributed by atoms with Gasteiger partial charge in [0, 0.05) is 18.3 Å². The molecule has 0 fully saturated rings. The Morgan fingerprint density at radius 2 is 2.05 bits per heavy atom. The third-order valence-corrected chi connectivity index (χ3v) is 2.52. The van der Waals surface area contributed by atoms with Gasteiger partial charge in [-0.1, -0.05) is 11.6 Å². The van der Waals surface area contributed by atoms with Crippen molar-refractivity contribution in [2.45, 2.75) is 6.18 Å². The number of nitrogens with zero attached hydrogens (tertiary/aromatic N) is 3. The van der Waals surface area contributed by atoms with E-state index in [9.17, 15) is 23.3 Å². The Kier molecular flexibility index (Phi) is 3.19. The summed E-state index contributed by atoms with van der Waals surface area (Å²) >= 11 is 5.54. The average molecular weight is 292 g/mol. The Bertz CT molecular complexity index is 639. The molecule has 1 aromatic carbocycles. The lowest BCUT2D eigenvalue weighted by molar-refractivity contribution is -0.385. The Balaban J connectivity index is 2.64. The Morgan fingerprint density at radius 1 is 1.37 bits per heavy atom. The van der Waals surface area contributed by atoms with Gasteiger partial charge < -0.3 is 4.57 Å². The van der Waals surface area contributed by atoms with E-state index in [1.165, 1.54) is 6.20 Å². The van der Waals surface area contributed by atoms with Crippen molar-refractivity contribution in [2.75, 3.05) is 0 Å². The third kappa shape index (κ3) is 2.68. The molecular weight excluding hydrogens is 287 g/mol. The fourth-order valence-electron chi connectivity index (χ4n) is 1.52. The van der Waals surface area contributed by atoms with Crippen LogP contribution in [0.15, 0.2) is 30.7 Å². The second kappa shape index (κ2) is 4.54. The lowest BCUT2D eigenvalue weighted by Gasteiger charge is -2.12. The van der Waals surface area contributed by atoms with Gasteiger partial charge in [-0.15, -0.1) is 0 Å². The van der Waals surface area contributed by atoms with Crippen molar-refractivity contribution in [3.8, 4) is 5.69 Å². The average Bonchev–Trinajstić information content (AvgIpc) is 2.73. The molecule has 0 spiro atoms. The number of alkyl halides is 3. The molecule has 0 amide bonds. The summed E-state index contributed by atoms with van der Waals surface area (Å²) in [6.45, 7) is 0. The molecule has 1 heterocycles. The van der Waals surface area contributed by atoms with E-state index in [4.69, 9.17) is 11.6 Å². The SMILES string of the molecule is O=[N+]([O-])c1ccc(-n2cnc(Cl)c2)c(C(F)(F)F)c1. The second-order valence-corrected chi connectivity index (χ2v) is 3.95. The number of hydrogen-bond donors (Lipinski definition) is 0. The van der Waals surface area contributed by atoms with Gasteiger partial charge in [0.2, 0.25) is 0 Å². The van der Waals surface area contributed by atoms with Gasteiger partial charge in [-0.25, -0.2) is 4.98 Å². The number of nitro benzene ring substituents is 1. The van der Waals surface area contributed by atoms with Gasteiger partial charge in [0.1, 0.15) is 11.5 Å². The van der Waals surface area contributed by atoms with Gasteiger partial charge >= 0.3 is 6.18 Å². The highest BCUT2D eigenvalue weighted by Gasteiger charge is 2.35. The molecule has 0 aliphatic carbocycles. The van der Waals surface area contributed by atoms with E-state index in [1.807, 2.05) is 0 Å². The number of benzene rings is 1. The minimum atomic E-state index is -4.72. The van der Waals surface area contributed by atoms with Crippen molar-refractivity contribution in [1.29, 1.82) is 0 Å². The standard InChI is InChI=1S/C10H5ClF3N3O2/c11-9-4-16(5-15-9)8-2-1-6(17(18)19)3-7(8)10(12,13)14/h1-5H. The summed E-state index contributed by atoms with van der Waals surface area (Å²) in [7, 11) is 0. The van der Waals surface area contributed by atoms with Gasteiger partial charge in [0.15, 0.2) is 0 Å². The first-order chi connectivity index (χ1) is 8.79. The molecule has 5 nitrogen and oxygen atoms in total. The van der Waals surface area contributed by atoms with Crippen LogP contribution in [-0.4, -0.2) is 14.5 Å². The van der Waals surface area contributed by atoms with E-state index in [2.05, 4.69) is 4.98 Å². The van der Waals surface area contributed by atoms with Gasteiger partial charge in [-0.2, -0.15) is 13.2 Å². The summed E-state index contributed by atoms with van der Waals surface area (Å²) in [5.74, 6) is 0. The maximum absolute atomic E-state index is 12.9. The van der Waals surface area contributed by atoms with Gasteiger partial charge in [0.05, 0.1) is 16.2 Å². The largest absolute Gasteiger partial charge is 0.418 e. The first-order valence-electron chi connectivity index (χ1n) is 4.84. The van der Waals surface area contributed by atoms with Crippen molar-refractivity contribution in [3.63, 3.8) is 0 Å². The van der Waals surface area contributed by atoms with Crippen molar-refractivity contribution >= 4 is 17.3 Å². The number of aromatic nitrogens is 2. The highest BCUT2D eigenvalue weighted by Crippen LogP contribution is 2.36. The topological polar surface area (TPSA) is 61.0 Å². The van der Waals surface area contributed by atoms with Crippen molar-refractivity contribution in [2.24, 2.45) is 0 Å². The molecule has 0 radical (unpaired) electrons. The first kappa shape index (κ1) is 13.3. The van der Waals surface area contributed by atoms with Crippen LogP contribution in [0, 0.1) is 10.1 Å². The monoisotopic (exact) mass is 291 g/mol. The van der Waals surface area contributed by atoms with Crippen LogP contribution < -0.4 is 0 Å². The van der Waals surface area contributed by atoms with Crippen molar-refractivity contribution < 1.29 is 18.1 Å². The number of imidazole rings is 1. The van der Waals surface area contributed by atoms with Crippen LogP contribution >= 0.6 is 11.6 Å². The molecular formula is C10H5ClF3N3O2. The van der Waals surface area contributed by atoms with E-state index in [-0.39, 0.29) is 10.8 Å². The van der Waals surface area contributed by atoms with E-state index in [1.54, 1.807) is 0 Å². The molecule has 0 aliphatic heterocycles. The van der Waals surface area contributed by atoms with E-state index in [0.717, 1.165) is 23.0 Å². The summed E-state index contributed by atoms with van der Waals surface area (Å²) < 4.78 is 39.7. The zero-order valence-electron chi connectivity index (χ0n) is 9.06. The first-order valence-corrected chi connectivity index (χ1v) is 5.22. The van der Waals surface area contributed by atoms with Gasteiger partial charge in [-0.05, 0) is 6.07 Å². The zero-order valence-corrected chi connectivity index (χ0v) is 9.81. The Morgan fingerprint density at radius 3 is 2.53 bits per heavy atom. The third-order valence-electron chi connectivity index (χ3n) is 2.33. The predicted molar refractivity (Wildman–Crippen MR) is 60.2 cm³/mol. The fraction of sp³-hybridized carbons (Fsp3) is 0.100. The van der Waals surface area contributed by atoms with Crippen LogP contribution in [0.25, 0.3) is 5.69 Å². The van der Waals surface area contributed by atoms with Gasteiger partial charge in [-0.3, -0.25) is 10.1 Å². The molecule has 2 aromatic rings. The van der Waals surface area contributed by atoms with Crippen LogP contribution in [0.5, 0.6) is 0 Å². The van der Waals surface area contributed by atoms with Crippen molar-refractivity contribution in [1.82, 2.24) is 9.55 Å². The lowest BCUT2D eigenvalue weighted by atomic mass is 10.1. The molecule has 100 valence electrons. The molecule has 0 unspecified atom stereocenters. The Labute approximate surface area is 109 Å². The molecule has 9 heteroatoms. The number of nitro groups is 1. The van der Waals surface area contributed by atoms with Crippen LogP contribution in [0.1, 0.15) is 5.56 Å². The minimum absolute atomic E-state index is 0.0199. The van der Waals surface area contributed by atoms with E-state index in [0.29, 0.717) is 6.07 Å². The number of halogens is 4. The zero-order chi connectivity index (χ0) is 14.2. The van der Waals surface area contributed by atoms with E-state index >= 15 is 0 Å². The quantitative estimate of drug-likeness (QED) is 0.629. The predicted octanol–water partition coefficient (Wildman–Crippen LogP) is 3.45. The number of hydrogen-bond acceptors (Lipinski definition) is 3. The summed E-state index contributed by atoms with van der Waals surface area (Å²) in [6.07, 6.45) is -2.45. The molecule has 0 saturated carbocycles. The molecule has 0 N–H and O–H groups in total. The summed E-state index contributed by atoms with van der Waals surface area (Å²) in [5, 5.41) is 10.5. The normalized spacial score (nSPS) is 11.6. The maximum atomic E-state index is 12.9. The van der Waals surface area contributed by atoms with Crippen LogP contribution in [0.3, 0.4) is 0 Å².